The zero-order chi connectivity index (χ0) is 12.7. The molecule has 1 fully saturated rings. The summed E-state index contributed by atoms with van der Waals surface area (Å²) in [5.41, 5.74) is -1.27. The van der Waals surface area contributed by atoms with E-state index in [0.717, 1.165) is 25.0 Å². The fourth-order valence-electron chi connectivity index (χ4n) is 1.52. The Balaban J connectivity index is 2.20. The summed E-state index contributed by atoms with van der Waals surface area (Å²) in [6, 6.07) is 2.45. The number of alkyl halides is 4. The first-order valence-corrected chi connectivity index (χ1v) is 5.61. The molecule has 94 valence electrons. The van der Waals surface area contributed by atoms with E-state index in [0.29, 0.717) is 11.9 Å². The second-order valence-corrected chi connectivity index (χ2v) is 4.50. The van der Waals surface area contributed by atoms with Crippen LogP contribution in [0.15, 0.2) is 18.2 Å². The van der Waals surface area contributed by atoms with Crippen molar-refractivity contribution >= 4 is 17.3 Å². The van der Waals surface area contributed by atoms with Crippen LogP contribution in [0.4, 0.5) is 23.2 Å². The van der Waals surface area contributed by atoms with Crippen LogP contribution in [0.5, 0.6) is 0 Å². The molecule has 1 saturated carbocycles. The lowest BCUT2D eigenvalue weighted by atomic mass is 10.1. The lowest BCUT2D eigenvalue weighted by Crippen LogP contribution is -2.23. The number of rotatable bonds is 3. The number of nitrogens with one attached hydrogen (secondary N) is 1. The Morgan fingerprint density at radius 1 is 1.29 bits per heavy atom. The third-order valence-electron chi connectivity index (χ3n) is 2.81. The Morgan fingerprint density at radius 2 is 1.94 bits per heavy atom. The SMILES string of the molecule is Fc1cc(C(F)(F)F)ccc1NC1(CCl)CC1. The van der Waals surface area contributed by atoms with E-state index in [4.69, 9.17) is 11.6 Å². The fraction of sp³-hybridized carbons (Fsp3) is 0.455. The second kappa shape index (κ2) is 4.05. The first-order valence-electron chi connectivity index (χ1n) is 5.07. The van der Waals surface area contributed by atoms with Crippen molar-refractivity contribution in [2.24, 2.45) is 0 Å². The molecule has 0 aliphatic heterocycles. The highest BCUT2D eigenvalue weighted by atomic mass is 35.5. The van der Waals surface area contributed by atoms with Crippen LogP contribution in [0.2, 0.25) is 0 Å². The van der Waals surface area contributed by atoms with Crippen molar-refractivity contribution in [3.63, 3.8) is 0 Å². The number of hydrogen-bond acceptors (Lipinski definition) is 1. The molecular weight excluding hydrogens is 258 g/mol. The van der Waals surface area contributed by atoms with E-state index in [1.54, 1.807) is 0 Å². The maximum absolute atomic E-state index is 13.5. The average Bonchev–Trinajstić information content (AvgIpc) is 3.00. The Kier molecular flexibility index (Phi) is 2.97. The van der Waals surface area contributed by atoms with Crippen molar-refractivity contribution in [1.29, 1.82) is 0 Å². The molecule has 1 aliphatic carbocycles. The molecule has 1 aromatic rings. The van der Waals surface area contributed by atoms with Gasteiger partial charge in [-0.25, -0.2) is 4.39 Å². The minimum Gasteiger partial charge on any atom is -0.376 e. The van der Waals surface area contributed by atoms with Crippen molar-refractivity contribution in [2.45, 2.75) is 24.6 Å². The van der Waals surface area contributed by atoms with Crippen LogP contribution >= 0.6 is 11.6 Å². The average molecular weight is 268 g/mol. The Bertz CT molecular complexity index is 426. The molecular formula is C11H10ClF4N. The van der Waals surface area contributed by atoms with Crippen LogP contribution in [0, 0.1) is 5.82 Å². The van der Waals surface area contributed by atoms with Gasteiger partial charge in [-0.3, -0.25) is 0 Å². The Hall–Kier alpha value is -0.970. The monoisotopic (exact) mass is 267 g/mol. The van der Waals surface area contributed by atoms with E-state index in [1.807, 2.05) is 0 Å². The summed E-state index contributed by atoms with van der Waals surface area (Å²) >= 11 is 5.70. The van der Waals surface area contributed by atoms with Crippen LogP contribution in [0.25, 0.3) is 0 Å². The second-order valence-electron chi connectivity index (χ2n) is 4.23. The van der Waals surface area contributed by atoms with Gasteiger partial charge in [0.05, 0.1) is 16.8 Å². The van der Waals surface area contributed by atoms with Gasteiger partial charge in [0.2, 0.25) is 0 Å². The quantitative estimate of drug-likeness (QED) is 0.644. The van der Waals surface area contributed by atoms with Gasteiger partial charge in [-0.15, -0.1) is 11.6 Å². The molecule has 1 N–H and O–H groups in total. The van der Waals surface area contributed by atoms with E-state index < -0.39 is 17.6 Å². The highest BCUT2D eigenvalue weighted by Crippen LogP contribution is 2.41. The Labute approximate surface area is 101 Å². The summed E-state index contributed by atoms with van der Waals surface area (Å²) < 4.78 is 50.4. The van der Waals surface area contributed by atoms with E-state index in [1.165, 1.54) is 0 Å². The number of hydrogen-bond donors (Lipinski definition) is 1. The van der Waals surface area contributed by atoms with E-state index in [-0.39, 0.29) is 11.2 Å². The van der Waals surface area contributed by atoms with Crippen LogP contribution in [-0.4, -0.2) is 11.4 Å². The number of halogens is 5. The molecule has 1 aliphatic rings. The molecule has 0 bridgehead atoms. The molecule has 0 radical (unpaired) electrons. The van der Waals surface area contributed by atoms with Gasteiger partial charge in [-0.2, -0.15) is 13.2 Å². The fourth-order valence-corrected chi connectivity index (χ4v) is 1.86. The summed E-state index contributed by atoms with van der Waals surface area (Å²) in [6.07, 6.45) is -2.92. The lowest BCUT2D eigenvalue weighted by Gasteiger charge is -2.17. The van der Waals surface area contributed by atoms with Crippen molar-refractivity contribution in [3.8, 4) is 0 Å². The van der Waals surface area contributed by atoms with E-state index in [2.05, 4.69) is 5.32 Å². The minimum atomic E-state index is -4.52. The third kappa shape index (κ3) is 2.65. The van der Waals surface area contributed by atoms with Crippen LogP contribution in [-0.2, 0) is 6.18 Å². The lowest BCUT2D eigenvalue weighted by molar-refractivity contribution is -0.137. The maximum Gasteiger partial charge on any atom is 0.416 e. The maximum atomic E-state index is 13.5. The van der Waals surface area contributed by atoms with Gasteiger partial charge in [-0.05, 0) is 31.0 Å². The molecule has 1 nitrogen and oxygen atoms in total. The largest absolute Gasteiger partial charge is 0.416 e. The zero-order valence-electron chi connectivity index (χ0n) is 8.74. The summed E-state index contributed by atoms with van der Waals surface area (Å²) in [7, 11) is 0. The summed E-state index contributed by atoms with van der Waals surface area (Å²) in [6.45, 7) is 0. The molecule has 0 heterocycles. The molecule has 0 aromatic heterocycles. The summed E-state index contributed by atoms with van der Waals surface area (Å²) in [4.78, 5) is 0. The van der Waals surface area contributed by atoms with Crippen molar-refractivity contribution < 1.29 is 17.6 Å². The van der Waals surface area contributed by atoms with Gasteiger partial charge in [0.15, 0.2) is 0 Å². The minimum absolute atomic E-state index is 0.0659. The van der Waals surface area contributed by atoms with Crippen molar-refractivity contribution in [3.05, 3.63) is 29.6 Å². The standard InChI is InChI=1S/C11H10ClF4N/c12-6-10(3-4-10)17-9-2-1-7(5-8(9)13)11(14,15)16/h1-2,5,17H,3-4,6H2. The summed E-state index contributed by atoms with van der Waals surface area (Å²) in [5, 5.41) is 2.85. The molecule has 0 atom stereocenters. The van der Waals surface area contributed by atoms with Gasteiger partial charge in [0.1, 0.15) is 5.82 Å². The first-order chi connectivity index (χ1) is 7.86. The molecule has 6 heteroatoms. The van der Waals surface area contributed by atoms with Crippen molar-refractivity contribution in [2.75, 3.05) is 11.2 Å². The Morgan fingerprint density at radius 3 is 2.35 bits per heavy atom. The number of benzene rings is 1. The predicted molar refractivity (Wildman–Crippen MR) is 57.7 cm³/mol. The van der Waals surface area contributed by atoms with Crippen LogP contribution in [0.3, 0.4) is 0 Å². The summed E-state index contributed by atoms with van der Waals surface area (Å²) in [5.74, 6) is -0.593. The molecule has 0 saturated heterocycles. The topological polar surface area (TPSA) is 12.0 Å². The molecule has 0 amide bonds. The normalized spacial score (nSPS) is 17.9. The van der Waals surface area contributed by atoms with Gasteiger partial charge in [0.25, 0.3) is 0 Å². The molecule has 0 spiro atoms. The zero-order valence-corrected chi connectivity index (χ0v) is 9.50. The number of anilines is 1. The highest BCUT2D eigenvalue weighted by molar-refractivity contribution is 6.19. The van der Waals surface area contributed by atoms with Gasteiger partial charge < -0.3 is 5.32 Å². The first kappa shape index (κ1) is 12.5. The molecule has 2 rings (SSSR count). The van der Waals surface area contributed by atoms with Crippen LogP contribution in [0.1, 0.15) is 18.4 Å². The van der Waals surface area contributed by atoms with Gasteiger partial charge in [0, 0.05) is 5.88 Å². The molecule has 1 aromatic carbocycles. The van der Waals surface area contributed by atoms with Gasteiger partial charge in [-0.1, -0.05) is 0 Å². The predicted octanol–water partition coefficient (Wildman–Crippen LogP) is 4.03. The van der Waals surface area contributed by atoms with E-state index >= 15 is 0 Å². The van der Waals surface area contributed by atoms with Crippen LogP contribution < -0.4 is 5.32 Å². The van der Waals surface area contributed by atoms with Crippen molar-refractivity contribution in [1.82, 2.24) is 0 Å². The molecule has 0 unspecified atom stereocenters. The third-order valence-corrected chi connectivity index (χ3v) is 3.32. The molecule has 17 heavy (non-hydrogen) atoms. The highest BCUT2D eigenvalue weighted by Gasteiger charge is 2.42. The smallest absolute Gasteiger partial charge is 0.376 e. The van der Waals surface area contributed by atoms with E-state index in [9.17, 15) is 17.6 Å². The van der Waals surface area contributed by atoms with Gasteiger partial charge >= 0.3 is 6.18 Å².